The molecular weight excluding hydrogens is 331 g/mol. The first kappa shape index (κ1) is 12.3. The standard InChI is InChI=1S/C10H7BrCl2N2S/c11-10-9(16-8(4-14)15-10)5-1-2-6(12)7(13)3-5/h1-3H,4,14H2. The predicted molar refractivity (Wildman–Crippen MR) is 73.2 cm³/mol. The summed E-state index contributed by atoms with van der Waals surface area (Å²) in [5.74, 6) is 0. The van der Waals surface area contributed by atoms with Gasteiger partial charge in [0.1, 0.15) is 9.61 Å². The molecule has 2 rings (SSSR count). The van der Waals surface area contributed by atoms with Crippen molar-refractivity contribution in [3.63, 3.8) is 0 Å². The van der Waals surface area contributed by atoms with Crippen LogP contribution >= 0.6 is 50.5 Å². The van der Waals surface area contributed by atoms with Crippen molar-refractivity contribution in [2.75, 3.05) is 0 Å². The first-order valence-electron chi connectivity index (χ1n) is 4.42. The maximum atomic E-state index is 5.97. The lowest BCUT2D eigenvalue weighted by atomic mass is 10.2. The molecule has 0 aliphatic heterocycles. The molecule has 0 radical (unpaired) electrons. The third-order valence-electron chi connectivity index (χ3n) is 1.99. The van der Waals surface area contributed by atoms with Gasteiger partial charge in [0.25, 0.3) is 0 Å². The van der Waals surface area contributed by atoms with E-state index in [-0.39, 0.29) is 0 Å². The summed E-state index contributed by atoms with van der Waals surface area (Å²) in [6, 6.07) is 5.50. The fourth-order valence-corrected chi connectivity index (χ4v) is 3.18. The van der Waals surface area contributed by atoms with Crippen molar-refractivity contribution in [3.05, 3.63) is 37.9 Å². The van der Waals surface area contributed by atoms with Crippen LogP contribution in [0.15, 0.2) is 22.8 Å². The Kier molecular flexibility index (Phi) is 3.87. The average Bonchev–Trinajstić information content (AvgIpc) is 2.64. The van der Waals surface area contributed by atoms with Gasteiger partial charge in [-0.1, -0.05) is 29.3 Å². The molecule has 0 atom stereocenters. The zero-order chi connectivity index (χ0) is 11.7. The van der Waals surface area contributed by atoms with Gasteiger partial charge in [-0.05, 0) is 33.6 Å². The van der Waals surface area contributed by atoms with Crippen LogP contribution in [0.3, 0.4) is 0 Å². The number of thiazole rings is 1. The number of hydrogen-bond donors (Lipinski definition) is 1. The summed E-state index contributed by atoms with van der Waals surface area (Å²) in [6.07, 6.45) is 0. The van der Waals surface area contributed by atoms with Crippen LogP contribution in [0.5, 0.6) is 0 Å². The third-order valence-corrected chi connectivity index (χ3v) is 4.69. The normalized spacial score (nSPS) is 10.8. The number of halogens is 3. The minimum Gasteiger partial charge on any atom is -0.325 e. The van der Waals surface area contributed by atoms with Gasteiger partial charge in [0, 0.05) is 6.54 Å². The van der Waals surface area contributed by atoms with Crippen molar-refractivity contribution in [1.82, 2.24) is 4.98 Å². The van der Waals surface area contributed by atoms with Crippen LogP contribution in [0.25, 0.3) is 10.4 Å². The highest BCUT2D eigenvalue weighted by molar-refractivity contribution is 9.10. The largest absolute Gasteiger partial charge is 0.325 e. The van der Waals surface area contributed by atoms with Gasteiger partial charge in [0.15, 0.2) is 0 Å². The quantitative estimate of drug-likeness (QED) is 0.885. The third kappa shape index (κ3) is 2.41. The molecule has 1 aromatic carbocycles. The topological polar surface area (TPSA) is 38.9 Å². The van der Waals surface area contributed by atoms with E-state index in [1.807, 2.05) is 12.1 Å². The molecule has 1 aromatic heterocycles. The summed E-state index contributed by atoms with van der Waals surface area (Å²) >= 11 is 16.8. The molecule has 6 heteroatoms. The first-order valence-corrected chi connectivity index (χ1v) is 6.79. The van der Waals surface area contributed by atoms with E-state index >= 15 is 0 Å². The van der Waals surface area contributed by atoms with Crippen molar-refractivity contribution >= 4 is 50.5 Å². The molecule has 0 fully saturated rings. The lowest BCUT2D eigenvalue weighted by Crippen LogP contribution is -1.93. The molecule has 0 saturated heterocycles. The molecule has 2 nitrogen and oxygen atoms in total. The zero-order valence-corrected chi connectivity index (χ0v) is 11.9. The predicted octanol–water partition coefficient (Wildman–Crippen LogP) is 4.34. The van der Waals surface area contributed by atoms with Crippen molar-refractivity contribution < 1.29 is 0 Å². The van der Waals surface area contributed by atoms with Crippen LogP contribution in [-0.4, -0.2) is 4.98 Å². The Morgan fingerprint density at radius 1 is 1.31 bits per heavy atom. The molecule has 0 spiro atoms. The summed E-state index contributed by atoms with van der Waals surface area (Å²) in [7, 11) is 0. The molecule has 0 aliphatic carbocycles. The Balaban J connectivity index is 2.49. The van der Waals surface area contributed by atoms with Gasteiger partial charge in [-0.3, -0.25) is 0 Å². The van der Waals surface area contributed by atoms with Gasteiger partial charge in [-0.25, -0.2) is 4.98 Å². The Morgan fingerprint density at radius 3 is 2.62 bits per heavy atom. The first-order chi connectivity index (χ1) is 7.61. The van der Waals surface area contributed by atoms with E-state index in [4.69, 9.17) is 28.9 Å². The monoisotopic (exact) mass is 336 g/mol. The Morgan fingerprint density at radius 2 is 2.06 bits per heavy atom. The van der Waals surface area contributed by atoms with Crippen LogP contribution in [0.1, 0.15) is 5.01 Å². The maximum Gasteiger partial charge on any atom is 0.125 e. The molecule has 0 unspecified atom stereocenters. The van der Waals surface area contributed by atoms with Gasteiger partial charge >= 0.3 is 0 Å². The summed E-state index contributed by atoms with van der Waals surface area (Å²) in [4.78, 5) is 5.30. The van der Waals surface area contributed by atoms with E-state index in [0.29, 0.717) is 16.6 Å². The highest BCUT2D eigenvalue weighted by Crippen LogP contribution is 2.36. The van der Waals surface area contributed by atoms with Crippen LogP contribution in [-0.2, 0) is 6.54 Å². The van der Waals surface area contributed by atoms with Crippen LogP contribution in [0.2, 0.25) is 10.0 Å². The maximum absolute atomic E-state index is 5.97. The molecule has 2 aromatic rings. The number of rotatable bonds is 2. The number of hydrogen-bond acceptors (Lipinski definition) is 3. The minimum absolute atomic E-state index is 0.435. The van der Waals surface area contributed by atoms with Crippen molar-refractivity contribution in [3.8, 4) is 10.4 Å². The van der Waals surface area contributed by atoms with E-state index in [1.165, 1.54) is 0 Å². The molecule has 0 saturated carbocycles. The Hall–Kier alpha value is -0.130. The second-order valence-electron chi connectivity index (χ2n) is 3.06. The van der Waals surface area contributed by atoms with Crippen LogP contribution in [0.4, 0.5) is 0 Å². The number of nitrogens with zero attached hydrogens (tertiary/aromatic N) is 1. The van der Waals surface area contributed by atoms with Gasteiger partial charge in [0.2, 0.25) is 0 Å². The lowest BCUT2D eigenvalue weighted by Gasteiger charge is -2.00. The van der Waals surface area contributed by atoms with E-state index in [0.717, 1.165) is 20.1 Å². The summed E-state index contributed by atoms with van der Waals surface area (Å²) in [6.45, 7) is 0.435. The molecule has 16 heavy (non-hydrogen) atoms. The fourth-order valence-electron chi connectivity index (χ4n) is 1.25. The van der Waals surface area contributed by atoms with Crippen molar-refractivity contribution in [2.24, 2.45) is 5.73 Å². The van der Waals surface area contributed by atoms with Crippen LogP contribution in [0, 0.1) is 0 Å². The van der Waals surface area contributed by atoms with Gasteiger partial charge < -0.3 is 5.73 Å². The highest BCUT2D eigenvalue weighted by atomic mass is 79.9. The van der Waals surface area contributed by atoms with E-state index in [9.17, 15) is 0 Å². The molecule has 2 N–H and O–H groups in total. The SMILES string of the molecule is NCc1nc(Br)c(-c2ccc(Cl)c(Cl)c2)s1. The number of nitrogens with two attached hydrogens (primary N) is 1. The molecule has 0 aliphatic rings. The summed E-state index contributed by atoms with van der Waals surface area (Å²) < 4.78 is 0.788. The second kappa shape index (κ2) is 5.02. The highest BCUT2D eigenvalue weighted by Gasteiger charge is 2.11. The molecule has 0 amide bonds. The average molecular weight is 338 g/mol. The van der Waals surface area contributed by atoms with Gasteiger partial charge in [0.05, 0.1) is 14.9 Å². The lowest BCUT2D eigenvalue weighted by molar-refractivity contribution is 1.03. The molecular formula is C10H7BrCl2N2S. The Labute approximate surface area is 116 Å². The van der Waals surface area contributed by atoms with Crippen LogP contribution < -0.4 is 5.73 Å². The number of benzene rings is 1. The minimum atomic E-state index is 0.435. The fraction of sp³-hybridized carbons (Fsp3) is 0.100. The van der Waals surface area contributed by atoms with E-state index in [1.54, 1.807) is 17.4 Å². The van der Waals surface area contributed by atoms with Gasteiger partial charge in [-0.15, -0.1) is 11.3 Å². The molecule has 0 bridgehead atoms. The zero-order valence-electron chi connectivity index (χ0n) is 8.01. The van der Waals surface area contributed by atoms with E-state index < -0.39 is 0 Å². The second-order valence-corrected chi connectivity index (χ2v) is 5.71. The summed E-state index contributed by atoms with van der Waals surface area (Å²) in [5, 5.41) is 1.96. The van der Waals surface area contributed by atoms with Crippen molar-refractivity contribution in [2.45, 2.75) is 6.54 Å². The van der Waals surface area contributed by atoms with Crippen molar-refractivity contribution in [1.29, 1.82) is 0 Å². The molecule has 1 heterocycles. The smallest absolute Gasteiger partial charge is 0.125 e. The van der Waals surface area contributed by atoms with Gasteiger partial charge in [-0.2, -0.15) is 0 Å². The number of aromatic nitrogens is 1. The summed E-state index contributed by atoms with van der Waals surface area (Å²) in [5.41, 5.74) is 6.53. The molecule has 84 valence electrons. The Bertz CT molecular complexity index is 528. The van der Waals surface area contributed by atoms with E-state index in [2.05, 4.69) is 20.9 Å².